The zero-order valence-corrected chi connectivity index (χ0v) is 14.1. The predicted octanol–water partition coefficient (Wildman–Crippen LogP) is 2.53. The lowest BCUT2D eigenvalue weighted by molar-refractivity contribution is -0.143. The molecule has 2 aromatic carbocycles. The second-order valence-electron chi connectivity index (χ2n) is 5.75. The summed E-state index contributed by atoms with van der Waals surface area (Å²) in [5.74, 6) is -0.553. The second kappa shape index (κ2) is 6.84. The molecule has 0 aliphatic carbocycles. The van der Waals surface area contributed by atoms with Gasteiger partial charge in [0.2, 0.25) is 0 Å². The van der Waals surface area contributed by atoms with Crippen molar-refractivity contribution in [3.05, 3.63) is 59.2 Å². The first-order valence-electron chi connectivity index (χ1n) is 7.90. The van der Waals surface area contributed by atoms with Crippen molar-refractivity contribution in [2.45, 2.75) is 12.5 Å². The SMILES string of the molecule is COc1ccc(OC)c(C(=O)N2CCc3ccccc3C2C(=O)O)c1. The third-order valence-corrected chi connectivity index (χ3v) is 4.42. The van der Waals surface area contributed by atoms with Gasteiger partial charge in [-0.05, 0) is 35.7 Å². The summed E-state index contributed by atoms with van der Waals surface area (Å²) in [6, 6.07) is 11.2. The lowest BCUT2D eigenvalue weighted by Crippen LogP contribution is -2.43. The van der Waals surface area contributed by atoms with Gasteiger partial charge >= 0.3 is 5.97 Å². The first-order valence-corrected chi connectivity index (χ1v) is 7.90. The molecule has 0 spiro atoms. The molecule has 0 saturated heterocycles. The fraction of sp³-hybridized carbons (Fsp3) is 0.263. The minimum atomic E-state index is -1.05. The number of rotatable bonds is 4. The monoisotopic (exact) mass is 341 g/mol. The number of methoxy groups -OCH3 is 2. The molecule has 25 heavy (non-hydrogen) atoms. The molecule has 1 amide bonds. The fourth-order valence-corrected chi connectivity index (χ4v) is 3.19. The first-order chi connectivity index (χ1) is 12.1. The molecule has 1 unspecified atom stereocenters. The topological polar surface area (TPSA) is 76.1 Å². The predicted molar refractivity (Wildman–Crippen MR) is 91.1 cm³/mol. The van der Waals surface area contributed by atoms with Gasteiger partial charge in [-0.25, -0.2) is 4.79 Å². The lowest BCUT2D eigenvalue weighted by Gasteiger charge is -2.35. The van der Waals surface area contributed by atoms with Crippen molar-refractivity contribution in [1.82, 2.24) is 4.90 Å². The Morgan fingerprint density at radius 1 is 1.12 bits per heavy atom. The standard InChI is InChI=1S/C19H19NO5/c1-24-13-7-8-16(25-2)15(11-13)18(21)20-10-9-12-5-3-4-6-14(12)17(20)19(22)23/h3-8,11,17H,9-10H2,1-2H3,(H,22,23). The zero-order valence-electron chi connectivity index (χ0n) is 14.1. The average molecular weight is 341 g/mol. The number of ether oxygens (including phenoxy) is 2. The molecule has 6 nitrogen and oxygen atoms in total. The van der Waals surface area contributed by atoms with Crippen molar-refractivity contribution in [2.24, 2.45) is 0 Å². The van der Waals surface area contributed by atoms with Crippen LogP contribution in [-0.2, 0) is 11.2 Å². The molecule has 0 bridgehead atoms. The zero-order chi connectivity index (χ0) is 18.0. The summed E-state index contributed by atoms with van der Waals surface area (Å²) in [4.78, 5) is 26.4. The van der Waals surface area contributed by atoms with Crippen molar-refractivity contribution in [3.8, 4) is 11.5 Å². The number of hydrogen-bond donors (Lipinski definition) is 1. The van der Waals surface area contributed by atoms with Crippen LogP contribution in [0.5, 0.6) is 11.5 Å². The van der Waals surface area contributed by atoms with Crippen LogP contribution in [-0.4, -0.2) is 42.6 Å². The van der Waals surface area contributed by atoms with Crippen LogP contribution in [0.25, 0.3) is 0 Å². The first kappa shape index (κ1) is 16.8. The number of nitrogens with zero attached hydrogens (tertiary/aromatic N) is 1. The van der Waals surface area contributed by atoms with E-state index in [1.54, 1.807) is 30.3 Å². The lowest BCUT2D eigenvalue weighted by atomic mass is 9.92. The van der Waals surface area contributed by atoms with Crippen LogP contribution in [0.1, 0.15) is 27.5 Å². The Hall–Kier alpha value is -3.02. The maximum atomic E-state index is 13.1. The third-order valence-electron chi connectivity index (χ3n) is 4.42. The van der Waals surface area contributed by atoms with Crippen LogP contribution in [0.15, 0.2) is 42.5 Å². The molecule has 1 atom stereocenters. The fourth-order valence-electron chi connectivity index (χ4n) is 3.19. The van der Waals surface area contributed by atoms with Crippen LogP contribution in [0, 0.1) is 0 Å². The van der Waals surface area contributed by atoms with E-state index < -0.39 is 17.9 Å². The van der Waals surface area contributed by atoms with Gasteiger partial charge < -0.3 is 19.5 Å². The van der Waals surface area contributed by atoms with E-state index in [1.165, 1.54) is 19.1 Å². The molecule has 0 saturated carbocycles. The average Bonchev–Trinajstić information content (AvgIpc) is 2.65. The molecule has 1 aliphatic rings. The van der Waals surface area contributed by atoms with E-state index in [1.807, 2.05) is 12.1 Å². The van der Waals surface area contributed by atoms with Crippen LogP contribution < -0.4 is 9.47 Å². The van der Waals surface area contributed by atoms with Crippen LogP contribution >= 0.6 is 0 Å². The van der Waals surface area contributed by atoms with Gasteiger partial charge in [0.15, 0.2) is 6.04 Å². The number of carboxylic acids is 1. The van der Waals surface area contributed by atoms with E-state index in [0.717, 1.165) is 5.56 Å². The number of aliphatic carboxylic acids is 1. The highest BCUT2D eigenvalue weighted by molar-refractivity contribution is 5.99. The van der Waals surface area contributed by atoms with E-state index in [4.69, 9.17) is 9.47 Å². The van der Waals surface area contributed by atoms with Crippen molar-refractivity contribution in [1.29, 1.82) is 0 Å². The second-order valence-corrected chi connectivity index (χ2v) is 5.75. The molecule has 1 heterocycles. The van der Waals surface area contributed by atoms with E-state index in [-0.39, 0.29) is 5.56 Å². The summed E-state index contributed by atoms with van der Waals surface area (Å²) >= 11 is 0. The van der Waals surface area contributed by atoms with Gasteiger partial charge in [-0.15, -0.1) is 0 Å². The summed E-state index contributed by atoms with van der Waals surface area (Å²) in [5, 5.41) is 9.73. The van der Waals surface area contributed by atoms with Gasteiger partial charge in [0.25, 0.3) is 5.91 Å². The summed E-state index contributed by atoms with van der Waals surface area (Å²) < 4.78 is 10.5. The molecular formula is C19H19NO5. The minimum absolute atomic E-state index is 0.285. The summed E-state index contributed by atoms with van der Waals surface area (Å²) in [5.41, 5.74) is 1.89. The van der Waals surface area contributed by atoms with Crippen molar-refractivity contribution < 1.29 is 24.2 Å². The molecule has 2 aromatic rings. The van der Waals surface area contributed by atoms with Gasteiger partial charge in [-0.1, -0.05) is 24.3 Å². The Bertz CT molecular complexity index is 817. The molecule has 1 N–H and O–H groups in total. The number of carbonyl (C=O) groups excluding carboxylic acids is 1. The number of carbonyl (C=O) groups is 2. The Morgan fingerprint density at radius 2 is 1.88 bits per heavy atom. The van der Waals surface area contributed by atoms with Gasteiger partial charge in [0.1, 0.15) is 11.5 Å². The summed E-state index contributed by atoms with van der Waals surface area (Å²) in [6.45, 7) is 0.327. The van der Waals surface area contributed by atoms with Gasteiger partial charge in [-0.3, -0.25) is 4.79 Å². The molecule has 130 valence electrons. The Kier molecular flexibility index (Phi) is 4.61. The van der Waals surface area contributed by atoms with Crippen molar-refractivity contribution >= 4 is 11.9 Å². The molecule has 6 heteroatoms. The summed E-state index contributed by atoms with van der Waals surface area (Å²) in [6.07, 6.45) is 0.609. The molecule has 0 radical (unpaired) electrons. The maximum absolute atomic E-state index is 13.1. The van der Waals surface area contributed by atoms with E-state index in [9.17, 15) is 14.7 Å². The van der Waals surface area contributed by atoms with Crippen LogP contribution in [0.2, 0.25) is 0 Å². The minimum Gasteiger partial charge on any atom is -0.497 e. The Morgan fingerprint density at radius 3 is 2.56 bits per heavy atom. The third kappa shape index (κ3) is 3.03. The number of carboxylic acid groups (broad SMARTS) is 1. The van der Waals surface area contributed by atoms with Gasteiger partial charge in [-0.2, -0.15) is 0 Å². The van der Waals surface area contributed by atoms with Crippen molar-refractivity contribution in [3.63, 3.8) is 0 Å². The molecule has 0 fully saturated rings. The number of hydrogen-bond acceptors (Lipinski definition) is 4. The molecule has 0 aromatic heterocycles. The Labute approximate surface area is 145 Å². The van der Waals surface area contributed by atoms with Gasteiger partial charge in [0, 0.05) is 6.54 Å². The molecule has 1 aliphatic heterocycles. The van der Waals surface area contributed by atoms with Gasteiger partial charge in [0.05, 0.1) is 19.8 Å². The highest BCUT2D eigenvalue weighted by atomic mass is 16.5. The quantitative estimate of drug-likeness (QED) is 0.925. The molecular weight excluding hydrogens is 322 g/mol. The van der Waals surface area contributed by atoms with E-state index in [0.29, 0.717) is 30.0 Å². The van der Waals surface area contributed by atoms with E-state index in [2.05, 4.69) is 0 Å². The maximum Gasteiger partial charge on any atom is 0.331 e. The number of fused-ring (bicyclic) bond motifs is 1. The smallest absolute Gasteiger partial charge is 0.331 e. The van der Waals surface area contributed by atoms with E-state index >= 15 is 0 Å². The summed E-state index contributed by atoms with van der Waals surface area (Å²) in [7, 11) is 2.98. The number of amides is 1. The highest BCUT2D eigenvalue weighted by Gasteiger charge is 2.37. The van der Waals surface area contributed by atoms with Crippen LogP contribution in [0.3, 0.4) is 0 Å². The molecule has 3 rings (SSSR count). The highest BCUT2D eigenvalue weighted by Crippen LogP contribution is 2.33. The van der Waals surface area contributed by atoms with Crippen molar-refractivity contribution in [2.75, 3.05) is 20.8 Å². The van der Waals surface area contributed by atoms with Crippen LogP contribution in [0.4, 0.5) is 0 Å². The Balaban J connectivity index is 2.04. The largest absolute Gasteiger partial charge is 0.497 e. The number of benzene rings is 2. The normalized spacial score (nSPS) is 16.1.